The number of para-hydroxylation sites is 4. The van der Waals surface area contributed by atoms with E-state index in [1.165, 1.54) is 66.8 Å². The summed E-state index contributed by atoms with van der Waals surface area (Å²) in [6, 6.07) is 94.3. The highest BCUT2D eigenvalue weighted by Crippen LogP contribution is 2.58. The lowest BCUT2D eigenvalue weighted by Crippen LogP contribution is -2.29. The van der Waals surface area contributed by atoms with Gasteiger partial charge in [0.25, 0.3) is 0 Å². The van der Waals surface area contributed by atoms with Crippen LogP contribution in [-0.2, 0) is 18.3 Å². The van der Waals surface area contributed by atoms with Crippen LogP contribution in [0, 0.1) is 0 Å². The Hall–Kier alpha value is -9.24. The molecule has 0 spiro atoms. The van der Waals surface area contributed by atoms with Crippen molar-refractivity contribution in [1.82, 2.24) is 0 Å². The van der Waals surface area contributed by atoms with Crippen LogP contribution >= 0.6 is 0 Å². The molecule has 2 nitrogen and oxygen atoms in total. The molecule has 1 aliphatic rings. The first-order valence-corrected chi connectivity index (χ1v) is 27.2. The van der Waals surface area contributed by atoms with Crippen molar-refractivity contribution in [3.05, 3.63) is 338 Å². The lowest BCUT2D eigenvalue weighted by atomic mass is 9.66. The van der Waals surface area contributed by atoms with Gasteiger partial charge in [0.2, 0.25) is 0 Å². The van der Waals surface area contributed by atoms with E-state index in [2.05, 4.69) is 302 Å². The molecule has 0 aromatic heterocycles. The number of hydrogen-bond acceptors (Lipinski definition) is 2. The third-order valence-electron chi connectivity index (χ3n) is 15.0. The van der Waals surface area contributed by atoms with Crippen LogP contribution in [0.4, 0.5) is 34.1 Å². The number of anilines is 6. The van der Waals surface area contributed by atoms with Crippen molar-refractivity contribution in [2.45, 2.75) is 43.9 Å². The fourth-order valence-electron chi connectivity index (χ4n) is 11.4. The molecule has 0 atom stereocenters. The molecule has 10 aromatic rings. The van der Waals surface area contributed by atoms with Crippen LogP contribution in [0.15, 0.2) is 304 Å². The Bertz CT molecular complexity index is 3320. The zero-order valence-electron chi connectivity index (χ0n) is 43.8. The van der Waals surface area contributed by atoms with Crippen LogP contribution < -0.4 is 9.80 Å². The first-order valence-electron chi connectivity index (χ1n) is 27.2. The van der Waals surface area contributed by atoms with Crippen LogP contribution in [0.2, 0.25) is 0 Å². The molecule has 0 bridgehead atoms. The van der Waals surface area contributed by atoms with E-state index in [9.17, 15) is 0 Å². The third-order valence-corrected chi connectivity index (χ3v) is 15.0. The first-order chi connectivity index (χ1) is 38.1. The first kappa shape index (κ1) is 49.9. The standard InChI is InChI=1S/C75H64N2/c1-3-5-7-9-15-27-57-29-25-31-63(53-57)75(64-32-26-30-58(54-64)28-16-10-8-6-4-2)73-55-61(59-41-47-69(48-42-59)76(65-33-17-11-18-34-65)66-35-19-12-20-36-66)45-51-71(73)72-52-46-62(56-74(72)75)60-43-49-70(50-44-60)77(67-37-21-13-22-38-67)68-39-23-14-24-40-68/h3-8,11-14,17-26,29-56H,1-2,9-10,15-16,27-28H2. The van der Waals surface area contributed by atoms with E-state index in [-0.39, 0.29) is 0 Å². The predicted molar refractivity (Wildman–Crippen MR) is 329 cm³/mol. The van der Waals surface area contributed by atoms with Crippen molar-refractivity contribution in [3.63, 3.8) is 0 Å². The van der Waals surface area contributed by atoms with Crippen molar-refractivity contribution in [2.24, 2.45) is 0 Å². The molecule has 0 saturated carbocycles. The molecular formula is C75H64N2. The van der Waals surface area contributed by atoms with E-state index in [1.54, 1.807) is 0 Å². The molecule has 0 saturated heterocycles. The Morgan fingerprint density at radius 1 is 0.325 bits per heavy atom. The maximum absolute atomic E-state index is 3.90. The van der Waals surface area contributed by atoms with Crippen molar-refractivity contribution in [1.29, 1.82) is 0 Å². The van der Waals surface area contributed by atoms with Crippen LogP contribution in [-0.4, -0.2) is 0 Å². The van der Waals surface area contributed by atoms with Crippen molar-refractivity contribution < 1.29 is 0 Å². The number of nitrogens with zero attached hydrogens (tertiary/aromatic N) is 2. The van der Waals surface area contributed by atoms with Gasteiger partial charge < -0.3 is 9.80 Å². The van der Waals surface area contributed by atoms with Gasteiger partial charge in [0.15, 0.2) is 0 Å². The number of fused-ring (bicyclic) bond motifs is 3. The van der Waals surface area contributed by atoms with E-state index < -0.39 is 5.41 Å². The summed E-state index contributed by atoms with van der Waals surface area (Å²) in [5, 5.41) is 0. The lowest BCUT2D eigenvalue weighted by molar-refractivity contribution is 0.757. The van der Waals surface area contributed by atoms with Crippen molar-refractivity contribution >= 4 is 34.1 Å². The maximum Gasteiger partial charge on any atom is 0.0714 e. The van der Waals surface area contributed by atoms with Gasteiger partial charge in [0, 0.05) is 34.1 Å². The quantitative estimate of drug-likeness (QED) is 0.0555. The van der Waals surface area contributed by atoms with Gasteiger partial charge in [-0.25, -0.2) is 0 Å². The van der Waals surface area contributed by atoms with Crippen LogP contribution in [0.1, 0.15) is 59.1 Å². The molecule has 0 amide bonds. The van der Waals surface area contributed by atoms with E-state index in [4.69, 9.17) is 0 Å². The number of aryl methyl sites for hydroxylation is 2. The molecule has 0 heterocycles. The van der Waals surface area contributed by atoms with Gasteiger partial charge in [-0.1, -0.05) is 219 Å². The number of hydrogen-bond donors (Lipinski definition) is 0. The normalized spacial score (nSPS) is 12.3. The molecule has 0 aliphatic heterocycles. The fourth-order valence-corrected chi connectivity index (χ4v) is 11.4. The van der Waals surface area contributed by atoms with Gasteiger partial charge in [-0.3, -0.25) is 0 Å². The smallest absolute Gasteiger partial charge is 0.0714 e. The molecular weight excluding hydrogens is 929 g/mol. The highest BCUT2D eigenvalue weighted by atomic mass is 15.1. The van der Waals surface area contributed by atoms with Crippen LogP contribution in [0.5, 0.6) is 0 Å². The summed E-state index contributed by atoms with van der Waals surface area (Å²) in [5.41, 5.74) is 21.2. The SMILES string of the molecule is C=CC=CCCCc1cccc(C2(c3cccc(CCCC=CC=C)c3)c3cc(-c4ccc(N(c5ccccc5)c5ccccc5)cc4)ccc3-c3ccc(-c4ccc(N(c5ccccc5)c5ccccc5)cc4)cc32)c1. The topological polar surface area (TPSA) is 6.48 Å². The summed E-state index contributed by atoms with van der Waals surface area (Å²) in [7, 11) is 0. The van der Waals surface area contributed by atoms with Crippen LogP contribution in [0.25, 0.3) is 33.4 Å². The Morgan fingerprint density at radius 3 is 1.01 bits per heavy atom. The van der Waals surface area contributed by atoms with Gasteiger partial charge in [0.05, 0.1) is 5.41 Å². The highest BCUT2D eigenvalue weighted by Gasteiger charge is 2.47. The summed E-state index contributed by atoms with van der Waals surface area (Å²) >= 11 is 0. The minimum atomic E-state index is -0.636. The van der Waals surface area contributed by atoms with Gasteiger partial charge in [-0.2, -0.15) is 0 Å². The van der Waals surface area contributed by atoms with Crippen molar-refractivity contribution in [3.8, 4) is 33.4 Å². The van der Waals surface area contributed by atoms with Gasteiger partial charge in [-0.05, 0) is 190 Å². The molecule has 0 N–H and O–H groups in total. The Kier molecular flexibility index (Phi) is 15.3. The average Bonchev–Trinajstić information content (AvgIpc) is 4.05. The molecule has 0 radical (unpaired) electrons. The van der Waals surface area contributed by atoms with E-state index in [0.717, 1.165) is 72.6 Å². The minimum absolute atomic E-state index is 0.636. The molecule has 11 rings (SSSR count). The number of rotatable bonds is 20. The second-order valence-electron chi connectivity index (χ2n) is 19.9. The molecule has 77 heavy (non-hydrogen) atoms. The molecule has 2 heteroatoms. The second kappa shape index (κ2) is 23.5. The number of unbranched alkanes of at least 4 members (excludes halogenated alkanes) is 2. The summed E-state index contributed by atoms with van der Waals surface area (Å²) in [6.07, 6.45) is 18.4. The zero-order chi connectivity index (χ0) is 52.2. The van der Waals surface area contributed by atoms with Gasteiger partial charge >= 0.3 is 0 Å². The van der Waals surface area contributed by atoms with Gasteiger partial charge in [-0.15, -0.1) is 0 Å². The molecule has 0 fully saturated rings. The Morgan fingerprint density at radius 2 is 0.662 bits per heavy atom. The van der Waals surface area contributed by atoms with Gasteiger partial charge in [0.1, 0.15) is 0 Å². The zero-order valence-corrected chi connectivity index (χ0v) is 43.8. The lowest BCUT2D eigenvalue weighted by Gasteiger charge is -2.35. The Labute approximate surface area is 456 Å². The average molecular weight is 993 g/mol. The highest BCUT2D eigenvalue weighted by molar-refractivity contribution is 5.91. The summed E-state index contributed by atoms with van der Waals surface area (Å²) in [5.74, 6) is 0. The van der Waals surface area contributed by atoms with E-state index in [0.29, 0.717) is 0 Å². The summed E-state index contributed by atoms with van der Waals surface area (Å²) in [6.45, 7) is 7.80. The second-order valence-corrected chi connectivity index (χ2v) is 19.9. The molecule has 10 aromatic carbocycles. The fraction of sp³-hybridized carbons (Fsp3) is 0.0933. The van der Waals surface area contributed by atoms with E-state index in [1.807, 2.05) is 12.2 Å². The molecule has 0 unspecified atom stereocenters. The summed E-state index contributed by atoms with van der Waals surface area (Å²) < 4.78 is 0. The monoisotopic (exact) mass is 993 g/mol. The molecule has 374 valence electrons. The van der Waals surface area contributed by atoms with Crippen molar-refractivity contribution in [2.75, 3.05) is 9.80 Å². The van der Waals surface area contributed by atoms with E-state index >= 15 is 0 Å². The minimum Gasteiger partial charge on any atom is -0.311 e. The molecule has 1 aliphatic carbocycles. The number of benzene rings is 10. The van der Waals surface area contributed by atoms with Crippen LogP contribution in [0.3, 0.4) is 0 Å². The predicted octanol–water partition coefficient (Wildman–Crippen LogP) is 20.5. The third kappa shape index (κ3) is 10.6. The Balaban J connectivity index is 1.07. The largest absolute Gasteiger partial charge is 0.311 e. The maximum atomic E-state index is 3.90. The number of allylic oxidation sites excluding steroid dienone is 6. The summed E-state index contributed by atoms with van der Waals surface area (Å²) in [4.78, 5) is 4.65.